The predicted molar refractivity (Wildman–Crippen MR) is 121 cm³/mol. The van der Waals surface area contributed by atoms with Crippen LogP contribution in [-0.2, 0) is 6.54 Å². The van der Waals surface area contributed by atoms with Crippen molar-refractivity contribution in [1.29, 1.82) is 0 Å². The molecule has 0 atom stereocenters. The van der Waals surface area contributed by atoms with Crippen LogP contribution in [-0.4, -0.2) is 40.7 Å². The van der Waals surface area contributed by atoms with Crippen molar-refractivity contribution in [3.63, 3.8) is 0 Å². The van der Waals surface area contributed by atoms with E-state index < -0.39 is 5.60 Å². The quantitative estimate of drug-likeness (QED) is 0.462. The molecule has 8 nitrogen and oxygen atoms in total. The summed E-state index contributed by atoms with van der Waals surface area (Å²) in [6.45, 7) is 8.48. The summed E-state index contributed by atoms with van der Waals surface area (Å²) in [4.78, 5) is 9.25. The maximum absolute atomic E-state index is 9.92. The molecule has 0 aliphatic carbocycles. The number of hydrogen-bond donors (Lipinski definition) is 2. The lowest BCUT2D eigenvalue weighted by atomic mass is 10.1. The second-order valence-corrected chi connectivity index (χ2v) is 8.67. The van der Waals surface area contributed by atoms with Gasteiger partial charge in [-0.15, -0.1) is 5.10 Å². The van der Waals surface area contributed by atoms with Crippen LogP contribution in [0, 0.1) is 0 Å². The molecule has 0 aliphatic rings. The number of fused-ring (bicyclic) bond motifs is 1. The van der Waals surface area contributed by atoms with Gasteiger partial charge in [0, 0.05) is 30.1 Å². The van der Waals surface area contributed by atoms with Crippen molar-refractivity contribution in [2.24, 2.45) is 0 Å². The van der Waals surface area contributed by atoms with Crippen LogP contribution in [0.2, 0.25) is 0 Å². The lowest BCUT2D eigenvalue weighted by Crippen LogP contribution is -2.21. The van der Waals surface area contributed by atoms with Gasteiger partial charge in [-0.05, 0) is 56.0 Å². The van der Waals surface area contributed by atoms with Crippen molar-refractivity contribution >= 4 is 22.7 Å². The highest BCUT2D eigenvalue weighted by Gasteiger charge is 2.13. The van der Waals surface area contributed by atoms with Gasteiger partial charge in [-0.2, -0.15) is 10.2 Å². The van der Waals surface area contributed by atoms with Gasteiger partial charge in [-0.25, -0.2) is 4.98 Å². The van der Waals surface area contributed by atoms with E-state index in [1.165, 1.54) is 0 Å². The minimum Gasteiger partial charge on any atom is -0.390 e. The monoisotopic (exact) mass is 417 g/mol. The minimum atomic E-state index is -0.719. The van der Waals surface area contributed by atoms with Gasteiger partial charge >= 0.3 is 0 Å². The van der Waals surface area contributed by atoms with E-state index in [1.54, 1.807) is 20.0 Å². The van der Waals surface area contributed by atoms with Gasteiger partial charge in [-0.1, -0.05) is 13.8 Å². The van der Waals surface area contributed by atoms with Crippen molar-refractivity contribution < 1.29 is 5.11 Å². The molecule has 2 N–H and O–H groups in total. The van der Waals surface area contributed by atoms with E-state index in [-0.39, 0.29) is 0 Å². The van der Waals surface area contributed by atoms with E-state index in [9.17, 15) is 5.11 Å². The topological polar surface area (TPSA) is 102 Å². The highest BCUT2D eigenvalue weighted by atomic mass is 16.3. The van der Waals surface area contributed by atoms with Gasteiger partial charge in [-0.3, -0.25) is 9.67 Å². The number of aliphatic hydroxyl groups is 1. The lowest BCUT2D eigenvalue weighted by Gasteiger charge is -2.16. The molecule has 0 aliphatic heterocycles. The zero-order valence-electron chi connectivity index (χ0n) is 18.2. The number of aryl methyl sites for hydroxylation is 1. The zero-order valence-corrected chi connectivity index (χ0v) is 18.2. The number of nitrogens with zero attached hydrogens (tertiary/aromatic N) is 6. The normalized spacial score (nSPS) is 11.9. The van der Waals surface area contributed by atoms with E-state index in [4.69, 9.17) is 4.98 Å². The smallest absolute Gasteiger partial charge is 0.154 e. The summed E-state index contributed by atoms with van der Waals surface area (Å²) < 4.78 is 1.84. The molecular formula is C23H27N7O. The molecule has 0 bridgehead atoms. The maximum Gasteiger partial charge on any atom is 0.154 e. The first-order valence-electron chi connectivity index (χ1n) is 10.4. The first-order chi connectivity index (χ1) is 14.8. The van der Waals surface area contributed by atoms with Gasteiger partial charge < -0.3 is 10.4 Å². The van der Waals surface area contributed by atoms with E-state index in [0.717, 1.165) is 27.7 Å². The van der Waals surface area contributed by atoms with Crippen LogP contribution in [0.3, 0.4) is 0 Å². The van der Waals surface area contributed by atoms with Gasteiger partial charge in [0.25, 0.3) is 0 Å². The maximum atomic E-state index is 9.92. The van der Waals surface area contributed by atoms with Gasteiger partial charge in [0.1, 0.15) is 5.82 Å². The molecule has 0 amide bonds. The average molecular weight is 418 g/mol. The average Bonchev–Trinajstić information content (AvgIpc) is 3.21. The first-order valence-corrected chi connectivity index (χ1v) is 10.4. The fraction of sp³-hybridized carbons (Fsp3) is 0.348. The van der Waals surface area contributed by atoms with Crippen LogP contribution in [0.25, 0.3) is 22.2 Å². The summed E-state index contributed by atoms with van der Waals surface area (Å²) in [5.41, 5.74) is 3.88. The minimum absolute atomic E-state index is 0.372. The van der Waals surface area contributed by atoms with Crippen molar-refractivity contribution in [2.45, 2.75) is 52.2 Å². The molecule has 160 valence electrons. The standard InChI is InChI=1S/C23H27N7O/c1-15(2)16-10-22(29-25-12-16)28-21-6-5-19-20(27-21)9-17(11-24-19)18-13-26-30(14-18)8-7-23(3,4)31/h5-6,9-15,31H,7-8H2,1-4H3,(H,27,28,29). The highest BCUT2D eigenvalue weighted by Crippen LogP contribution is 2.24. The van der Waals surface area contributed by atoms with Gasteiger partial charge in [0.2, 0.25) is 0 Å². The Balaban J connectivity index is 1.56. The molecule has 0 fully saturated rings. The Labute approximate surface area is 181 Å². The number of rotatable bonds is 7. The number of anilines is 2. The molecule has 8 heteroatoms. The Bertz CT molecular complexity index is 1190. The summed E-state index contributed by atoms with van der Waals surface area (Å²) >= 11 is 0. The molecule has 31 heavy (non-hydrogen) atoms. The molecule has 4 aromatic rings. The SMILES string of the molecule is CC(C)c1cnnc(Nc2ccc3ncc(-c4cnn(CCC(C)(C)O)c4)cc3n2)c1. The van der Waals surface area contributed by atoms with Crippen molar-refractivity contribution in [1.82, 2.24) is 29.9 Å². The summed E-state index contributed by atoms with van der Waals surface area (Å²) in [6, 6.07) is 7.80. The van der Waals surface area contributed by atoms with E-state index in [1.807, 2.05) is 47.5 Å². The first kappa shape index (κ1) is 20.9. The Morgan fingerprint density at radius 3 is 2.65 bits per heavy atom. The Morgan fingerprint density at radius 2 is 1.87 bits per heavy atom. The van der Waals surface area contributed by atoms with E-state index >= 15 is 0 Å². The zero-order chi connectivity index (χ0) is 22.0. The van der Waals surface area contributed by atoms with Crippen LogP contribution >= 0.6 is 0 Å². The number of hydrogen-bond acceptors (Lipinski definition) is 7. The molecule has 0 saturated carbocycles. The summed E-state index contributed by atoms with van der Waals surface area (Å²) in [7, 11) is 0. The molecule has 0 radical (unpaired) electrons. The van der Waals surface area contributed by atoms with Crippen LogP contribution < -0.4 is 5.32 Å². The van der Waals surface area contributed by atoms with Crippen LogP contribution in [0.1, 0.15) is 45.6 Å². The van der Waals surface area contributed by atoms with Crippen LogP contribution in [0.15, 0.2) is 49.1 Å². The van der Waals surface area contributed by atoms with Crippen LogP contribution in [0.5, 0.6) is 0 Å². The van der Waals surface area contributed by atoms with Crippen molar-refractivity contribution in [2.75, 3.05) is 5.32 Å². The molecule has 0 aromatic carbocycles. The largest absolute Gasteiger partial charge is 0.390 e. The molecule has 4 rings (SSSR count). The lowest BCUT2D eigenvalue weighted by molar-refractivity contribution is 0.0651. The summed E-state index contributed by atoms with van der Waals surface area (Å²) in [5.74, 6) is 1.72. The number of pyridine rings is 2. The summed E-state index contributed by atoms with van der Waals surface area (Å²) in [5, 5.41) is 25.8. The third-order valence-corrected chi connectivity index (χ3v) is 5.06. The highest BCUT2D eigenvalue weighted by molar-refractivity contribution is 5.81. The fourth-order valence-electron chi connectivity index (χ4n) is 3.15. The fourth-order valence-corrected chi connectivity index (χ4v) is 3.15. The third kappa shape index (κ3) is 5.21. The third-order valence-electron chi connectivity index (χ3n) is 5.06. The predicted octanol–water partition coefficient (Wildman–Crippen LogP) is 4.31. The Hall–Kier alpha value is -3.39. The van der Waals surface area contributed by atoms with Crippen molar-refractivity contribution in [3.05, 3.63) is 54.6 Å². The molecule has 0 unspecified atom stereocenters. The molecule has 0 spiro atoms. The van der Waals surface area contributed by atoms with E-state index in [2.05, 4.69) is 39.4 Å². The number of nitrogens with one attached hydrogen (secondary N) is 1. The molecule has 4 aromatic heterocycles. The number of aromatic nitrogens is 6. The second-order valence-electron chi connectivity index (χ2n) is 8.67. The summed E-state index contributed by atoms with van der Waals surface area (Å²) in [6.07, 6.45) is 8.00. The van der Waals surface area contributed by atoms with Crippen molar-refractivity contribution in [3.8, 4) is 11.1 Å². The Morgan fingerprint density at radius 1 is 1.03 bits per heavy atom. The van der Waals surface area contributed by atoms with Crippen LogP contribution in [0.4, 0.5) is 11.6 Å². The van der Waals surface area contributed by atoms with Gasteiger partial charge in [0.15, 0.2) is 5.82 Å². The molecule has 4 heterocycles. The second kappa shape index (κ2) is 8.39. The molecule has 0 saturated heterocycles. The van der Waals surface area contributed by atoms with Gasteiger partial charge in [0.05, 0.1) is 29.0 Å². The Kier molecular flexibility index (Phi) is 5.65. The molecular weight excluding hydrogens is 390 g/mol. The van der Waals surface area contributed by atoms with E-state index in [0.29, 0.717) is 30.5 Å².